The van der Waals surface area contributed by atoms with Crippen molar-refractivity contribution in [3.63, 3.8) is 0 Å². The van der Waals surface area contributed by atoms with Gasteiger partial charge in [0.15, 0.2) is 0 Å². The molecule has 1 aliphatic carbocycles. The van der Waals surface area contributed by atoms with Crippen LogP contribution in [0.25, 0.3) is 0 Å². The Kier molecular flexibility index (Phi) is 3.37. The first-order valence-corrected chi connectivity index (χ1v) is 5.60. The van der Waals surface area contributed by atoms with Gasteiger partial charge in [0.2, 0.25) is 0 Å². The molecule has 0 spiro atoms. The third kappa shape index (κ3) is 2.31. The van der Waals surface area contributed by atoms with Crippen LogP contribution in [-0.4, -0.2) is 22.6 Å². The molecule has 0 aromatic carbocycles. The molecule has 0 amide bonds. The van der Waals surface area contributed by atoms with Crippen molar-refractivity contribution < 1.29 is 0 Å². The van der Waals surface area contributed by atoms with Crippen molar-refractivity contribution in [3.8, 4) is 0 Å². The number of hydrogen-bond acceptors (Lipinski definition) is 4. The highest BCUT2D eigenvalue weighted by Gasteiger charge is 2.36. The van der Waals surface area contributed by atoms with Crippen LogP contribution >= 0.6 is 25.3 Å². The van der Waals surface area contributed by atoms with E-state index in [2.05, 4.69) is 25.3 Å². The van der Waals surface area contributed by atoms with Gasteiger partial charge in [-0.1, -0.05) is 0 Å². The first-order valence-electron chi connectivity index (χ1n) is 4.33. The van der Waals surface area contributed by atoms with Gasteiger partial charge in [-0.05, 0) is 25.7 Å². The molecule has 0 aromatic rings. The quantitative estimate of drug-likeness (QED) is 0.506. The molecule has 4 N–H and O–H groups in total. The second-order valence-corrected chi connectivity index (χ2v) is 4.67. The Morgan fingerprint density at radius 1 is 0.833 bits per heavy atom. The third-order valence-corrected chi connectivity index (χ3v) is 4.13. The fraction of sp³-hybridized carbons (Fsp3) is 1.00. The molecular weight excluding hydrogens is 188 g/mol. The Bertz CT molecular complexity index is 135. The van der Waals surface area contributed by atoms with E-state index in [0.717, 1.165) is 37.2 Å². The smallest absolute Gasteiger partial charge is 0.0244 e. The molecule has 1 aliphatic rings. The lowest BCUT2D eigenvalue weighted by molar-refractivity contribution is 0.238. The zero-order valence-corrected chi connectivity index (χ0v) is 9.08. The Hall–Kier alpha value is 0.620. The summed E-state index contributed by atoms with van der Waals surface area (Å²) in [5, 5.41) is 0. The average molecular weight is 206 g/mol. The van der Waals surface area contributed by atoms with E-state index in [9.17, 15) is 0 Å². The standard InChI is InChI=1S/C8H18N2S2/c9-7(5-11)1-2-8(10,6-12)4-3-7/h11-12H,1-6,9-10H2. The molecule has 0 aromatic heterocycles. The van der Waals surface area contributed by atoms with Crippen molar-refractivity contribution in [1.82, 2.24) is 0 Å². The van der Waals surface area contributed by atoms with Crippen LogP contribution in [0.3, 0.4) is 0 Å². The van der Waals surface area contributed by atoms with E-state index in [-0.39, 0.29) is 11.1 Å². The highest BCUT2D eigenvalue weighted by molar-refractivity contribution is 7.80. The van der Waals surface area contributed by atoms with E-state index in [0.29, 0.717) is 0 Å². The van der Waals surface area contributed by atoms with Crippen molar-refractivity contribution in [3.05, 3.63) is 0 Å². The Morgan fingerprint density at radius 2 is 1.08 bits per heavy atom. The normalized spacial score (nSPS) is 43.0. The van der Waals surface area contributed by atoms with E-state index in [1.807, 2.05) is 0 Å². The lowest BCUT2D eigenvalue weighted by Crippen LogP contribution is -2.54. The Morgan fingerprint density at radius 3 is 1.25 bits per heavy atom. The maximum Gasteiger partial charge on any atom is 0.0244 e. The van der Waals surface area contributed by atoms with Gasteiger partial charge in [-0.25, -0.2) is 0 Å². The van der Waals surface area contributed by atoms with Gasteiger partial charge in [0.05, 0.1) is 0 Å². The molecule has 0 atom stereocenters. The van der Waals surface area contributed by atoms with Crippen LogP contribution in [0.15, 0.2) is 0 Å². The summed E-state index contributed by atoms with van der Waals surface area (Å²) in [7, 11) is 0. The summed E-state index contributed by atoms with van der Waals surface area (Å²) in [4.78, 5) is 0. The molecule has 12 heavy (non-hydrogen) atoms. The molecular formula is C8H18N2S2. The lowest BCUT2D eigenvalue weighted by Gasteiger charge is -2.41. The minimum Gasteiger partial charge on any atom is -0.324 e. The minimum absolute atomic E-state index is 0.0745. The molecule has 0 radical (unpaired) electrons. The van der Waals surface area contributed by atoms with Gasteiger partial charge in [-0.15, -0.1) is 0 Å². The summed E-state index contributed by atoms with van der Waals surface area (Å²) < 4.78 is 0. The predicted octanol–water partition coefficient (Wildman–Crippen LogP) is 0.815. The Balaban J connectivity index is 2.49. The van der Waals surface area contributed by atoms with Gasteiger partial charge in [0.1, 0.15) is 0 Å². The molecule has 72 valence electrons. The molecule has 2 nitrogen and oxygen atoms in total. The second kappa shape index (κ2) is 3.78. The molecule has 0 saturated heterocycles. The molecule has 0 bridgehead atoms. The first-order chi connectivity index (χ1) is 5.54. The third-order valence-electron chi connectivity index (χ3n) is 2.87. The topological polar surface area (TPSA) is 52.0 Å². The molecule has 4 heteroatoms. The van der Waals surface area contributed by atoms with Crippen LogP contribution in [0.5, 0.6) is 0 Å². The van der Waals surface area contributed by atoms with Crippen molar-refractivity contribution in [2.24, 2.45) is 11.5 Å². The number of hydrogen-bond donors (Lipinski definition) is 4. The van der Waals surface area contributed by atoms with Crippen LogP contribution in [0, 0.1) is 0 Å². The Labute approximate surface area is 85.3 Å². The van der Waals surface area contributed by atoms with Crippen molar-refractivity contribution in [2.45, 2.75) is 36.8 Å². The van der Waals surface area contributed by atoms with Gasteiger partial charge in [-0.3, -0.25) is 0 Å². The molecule has 1 fully saturated rings. The zero-order chi connectivity index (χ0) is 9.24. The van der Waals surface area contributed by atoms with E-state index in [4.69, 9.17) is 11.5 Å². The van der Waals surface area contributed by atoms with Crippen molar-refractivity contribution in [2.75, 3.05) is 11.5 Å². The van der Waals surface area contributed by atoms with E-state index < -0.39 is 0 Å². The highest BCUT2D eigenvalue weighted by Crippen LogP contribution is 2.32. The monoisotopic (exact) mass is 206 g/mol. The molecule has 0 unspecified atom stereocenters. The maximum atomic E-state index is 6.08. The van der Waals surface area contributed by atoms with Gasteiger partial charge >= 0.3 is 0 Å². The summed E-state index contributed by atoms with van der Waals surface area (Å²) in [5.74, 6) is 1.52. The maximum absolute atomic E-state index is 6.08. The highest BCUT2D eigenvalue weighted by atomic mass is 32.1. The molecule has 1 saturated carbocycles. The van der Waals surface area contributed by atoms with Crippen LogP contribution in [0.2, 0.25) is 0 Å². The zero-order valence-electron chi connectivity index (χ0n) is 7.29. The lowest BCUT2D eigenvalue weighted by atomic mass is 9.75. The molecule has 0 heterocycles. The van der Waals surface area contributed by atoms with E-state index in [1.54, 1.807) is 0 Å². The average Bonchev–Trinajstić information content (AvgIpc) is 2.11. The summed E-state index contributed by atoms with van der Waals surface area (Å²) in [6.45, 7) is 0. The molecule has 1 rings (SSSR count). The summed E-state index contributed by atoms with van der Waals surface area (Å²) >= 11 is 8.50. The van der Waals surface area contributed by atoms with Crippen molar-refractivity contribution >= 4 is 25.3 Å². The van der Waals surface area contributed by atoms with Crippen molar-refractivity contribution in [1.29, 1.82) is 0 Å². The summed E-state index contributed by atoms with van der Waals surface area (Å²) in [6, 6.07) is 0. The first kappa shape index (κ1) is 10.7. The van der Waals surface area contributed by atoms with Crippen LogP contribution < -0.4 is 11.5 Å². The van der Waals surface area contributed by atoms with E-state index >= 15 is 0 Å². The fourth-order valence-electron chi connectivity index (χ4n) is 1.56. The predicted molar refractivity (Wildman–Crippen MR) is 60.0 cm³/mol. The van der Waals surface area contributed by atoms with Gasteiger partial charge in [0, 0.05) is 22.6 Å². The van der Waals surface area contributed by atoms with Gasteiger partial charge in [0.25, 0.3) is 0 Å². The SMILES string of the molecule is NC1(CS)CCC(N)(CS)CC1. The number of nitrogens with two attached hydrogens (primary N) is 2. The largest absolute Gasteiger partial charge is 0.324 e. The number of thiol groups is 2. The van der Waals surface area contributed by atoms with E-state index in [1.165, 1.54) is 0 Å². The minimum atomic E-state index is -0.0745. The molecule has 0 aliphatic heterocycles. The fourth-order valence-corrected chi connectivity index (χ4v) is 2.19. The second-order valence-electron chi connectivity index (χ2n) is 4.04. The van der Waals surface area contributed by atoms with Crippen LogP contribution in [-0.2, 0) is 0 Å². The summed E-state index contributed by atoms with van der Waals surface area (Å²) in [5.41, 5.74) is 12.0. The van der Waals surface area contributed by atoms with Gasteiger partial charge in [-0.2, -0.15) is 25.3 Å². The summed E-state index contributed by atoms with van der Waals surface area (Å²) in [6.07, 6.45) is 3.92. The van der Waals surface area contributed by atoms with Gasteiger partial charge < -0.3 is 11.5 Å². The van der Waals surface area contributed by atoms with Crippen LogP contribution in [0.4, 0.5) is 0 Å². The van der Waals surface area contributed by atoms with Crippen LogP contribution in [0.1, 0.15) is 25.7 Å². The number of rotatable bonds is 2.